The number of aliphatic hydroxyl groups excluding tert-OH is 2. The fourth-order valence-corrected chi connectivity index (χ4v) is 12.6. The fraction of sp³-hybridized carbons (Fsp3) is 0.396. The summed E-state index contributed by atoms with van der Waals surface area (Å²) < 4.78 is 54.0. The van der Waals surface area contributed by atoms with Crippen LogP contribution in [0.4, 0.5) is 0 Å². The molecular weight excluding hydrogens is 871 g/mol. The zero-order valence-electron chi connectivity index (χ0n) is 37.8. The lowest BCUT2D eigenvalue weighted by molar-refractivity contribution is -0.251. The molecule has 5 aromatic rings. The normalized spacial score (nSPS) is 22.9. The van der Waals surface area contributed by atoms with Crippen molar-refractivity contribution in [1.82, 2.24) is 9.29 Å². The average Bonchev–Trinajstić information content (AvgIpc) is 3.34. The minimum Gasteiger partial charge on any atom is -0.460 e. The number of pyridine rings is 1. The number of aliphatic hydroxyl groups is 2. The van der Waals surface area contributed by atoms with Crippen LogP contribution in [0.3, 0.4) is 0 Å². The molecule has 6 atom stereocenters. The van der Waals surface area contributed by atoms with Gasteiger partial charge in [-0.3, -0.25) is 4.98 Å². The van der Waals surface area contributed by atoms with E-state index < -0.39 is 27.8 Å². The Morgan fingerprint density at radius 3 is 2.44 bits per heavy atom. The van der Waals surface area contributed by atoms with E-state index in [1.54, 1.807) is 46.5 Å². The van der Waals surface area contributed by atoms with Crippen LogP contribution in [0.25, 0.3) is 10.9 Å². The van der Waals surface area contributed by atoms with Gasteiger partial charge in [-0.15, -0.1) is 18.3 Å². The first-order valence-corrected chi connectivity index (χ1v) is 25.8. The molecule has 1 aliphatic heterocycles. The third-order valence-corrected chi connectivity index (χ3v) is 15.8. The summed E-state index contributed by atoms with van der Waals surface area (Å²) >= 11 is 1.66. The number of allylic oxidation sites excluding steroid dienone is 1. The molecule has 0 unspecified atom stereocenters. The number of hydrogen-bond donors (Lipinski definition) is 2. The van der Waals surface area contributed by atoms with Gasteiger partial charge in [0.2, 0.25) is 15.8 Å². The molecule has 8 rings (SSSR count). The third kappa shape index (κ3) is 9.84. The van der Waals surface area contributed by atoms with Gasteiger partial charge in [-0.2, -0.15) is 4.31 Å². The Morgan fingerprint density at radius 1 is 0.939 bits per heavy atom. The van der Waals surface area contributed by atoms with E-state index >= 15 is 8.42 Å². The molecule has 1 saturated carbocycles. The molecule has 13 heteroatoms. The highest BCUT2D eigenvalue weighted by atomic mass is 32.2. The van der Waals surface area contributed by atoms with Gasteiger partial charge in [-0.05, 0) is 116 Å². The first kappa shape index (κ1) is 47.5. The Balaban J connectivity index is 1.36. The van der Waals surface area contributed by atoms with E-state index in [0.29, 0.717) is 53.1 Å². The molecule has 0 bridgehead atoms. The molecule has 348 valence electrons. The van der Waals surface area contributed by atoms with Crippen LogP contribution >= 0.6 is 11.8 Å². The zero-order chi connectivity index (χ0) is 46.1. The van der Waals surface area contributed by atoms with E-state index in [-0.39, 0.29) is 62.0 Å². The van der Waals surface area contributed by atoms with Gasteiger partial charge in [0.1, 0.15) is 28.8 Å². The monoisotopic (exact) mass is 931 g/mol. The first-order valence-electron chi connectivity index (χ1n) is 23.2. The number of aromatic nitrogens is 1. The number of nitrogens with zero attached hydrogens (tertiary/aromatic N) is 3. The predicted octanol–water partition coefficient (Wildman–Crippen LogP) is 10.7. The Morgan fingerprint density at radius 2 is 1.70 bits per heavy atom. The predicted molar refractivity (Wildman–Crippen MR) is 260 cm³/mol. The largest absolute Gasteiger partial charge is 0.460 e. The molecule has 4 aromatic carbocycles. The summed E-state index contributed by atoms with van der Waals surface area (Å²) in [6, 6.07) is 31.7. The number of oxime groups is 1. The molecule has 2 N–H and O–H groups in total. The number of benzene rings is 4. The number of sulfonamides is 1. The van der Waals surface area contributed by atoms with E-state index in [2.05, 4.69) is 23.7 Å². The lowest BCUT2D eigenvalue weighted by Crippen LogP contribution is -2.70. The van der Waals surface area contributed by atoms with Gasteiger partial charge in [-0.25, -0.2) is 8.42 Å². The standard InChI is InChI=1S/C53H61N3O8S2/c1-4-29-56(66(59,60)48-21-13-18-38-19-14-28-54-52(38)48)49-35-46(55-62-36-37-15-7-6-8-16-37)44-33-39(17-9-11-30-57)43(20-10-12-31-58)50-45-34-41(63-40-22-25-42(65-3)26-23-40)24-27-47(45)64-53(49,51(44)50)61-32-5-2/h5-8,13-16,18-19,21-28,33-34,39,43,49-51,57-58H,2,4,9-12,17,20,29-32,35-36H2,1,3H3/t39-,43+,49-,50+,51+,53+/m0/s1. The number of ether oxygens (including phenoxy) is 3. The smallest absolute Gasteiger partial charge is 0.245 e. The lowest BCUT2D eigenvalue weighted by Gasteiger charge is -2.59. The maximum absolute atomic E-state index is 15.6. The van der Waals surface area contributed by atoms with Gasteiger partial charge >= 0.3 is 0 Å². The third-order valence-electron chi connectivity index (χ3n) is 13.2. The summed E-state index contributed by atoms with van der Waals surface area (Å²) in [5.74, 6) is -0.480. The van der Waals surface area contributed by atoms with Crippen molar-refractivity contribution in [2.75, 3.05) is 32.6 Å². The molecular formula is C53H61N3O8S2. The Labute approximate surface area is 393 Å². The number of para-hydroxylation sites is 1. The Hall–Kier alpha value is -5.02. The van der Waals surface area contributed by atoms with E-state index in [4.69, 9.17) is 24.2 Å². The number of rotatable bonds is 22. The lowest BCUT2D eigenvalue weighted by atomic mass is 9.55. The number of unbranched alkanes of at least 4 members (excludes halogenated alkanes) is 2. The SMILES string of the molecule is C=CCO[C@@]12Oc3ccc(Oc4ccc(SC)cc4)cc3[C@H]3[C@H](CCCCO)[C@@H](CCCCO)C=C(C(=NOCc4ccccc4)C[C@@H]1N(CCC)S(=O)(=O)c1cccc4cccnc14)[C@H]32. The summed E-state index contributed by atoms with van der Waals surface area (Å²) in [7, 11) is -4.30. The van der Waals surface area contributed by atoms with Crippen molar-refractivity contribution in [1.29, 1.82) is 0 Å². The van der Waals surface area contributed by atoms with E-state index in [0.717, 1.165) is 47.3 Å². The van der Waals surface area contributed by atoms with Crippen LogP contribution in [0, 0.1) is 17.8 Å². The number of thioether (sulfide) groups is 1. The first-order chi connectivity index (χ1) is 32.3. The fourth-order valence-electron chi connectivity index (χ4n) is 10.3. The van der Waals surface area contributed by atoms with E-state index in [9.17, 15) is 10.2 Å². The van der Waals surface area contributed by atoms with Crippen molar-refractivity contribution in [3.8, 4) is 17.2 Å². The van der Waals surface area contributed by atoms with Gasteiger partial charge in [0, 0.05) is 54.1 Å². The van der Waals surface area contributed by atoms with Crippen molar-refractivity contribution in [3.05, 3.63) is 145 Å². The molecule has 0 saturated heterocycles. The zero-order valence-corrected chi connectivity index (χ0v) is 39.5. The molecule has 11 nitrogen and oxygen atoms in total. The molecule has 2 aliphatic carbocycles. The molecule has 3 aliphatic rings. The average molecular weight is 932 g/mol. The Bertz CT molecular complexity index is 2600. The highest BCUT2D eigenvalue weighted by molar-refractivity contribution is 7.98. The van der Waals surface area contributed by atoms with Crippen molar-refractivity contribution >= 4 is 38.4 Å². The van der Waals surface area contributed by atoms with Crippen LogP contribution in [0.5, 0.6) is 17.2 Å². The molecule has 0 spiro atoms. The van der Waals surface area contributed by atoms with E-state index in [1.165, 1.54) is 0 Å². The van der Waals surface area contributed by atoms with Crippen LogP contribution in [0.2, 0.25) is 0 Å². The molecule has 2 heterocycles. The van der Waals surface area contributed by atoms with Gasteiger partial charge in [0.15, 0.2) is 0 Å². The minimum absolute atomic E-state index is 0.00167. The second kappa shape index (κ2) is 21.7. The highest BCUT2D eigenvalue weighted by Gasteiger charge is 2.66. The topological polar surface area (TPSA) is 140 Å². The van der Waals surface area contributed by atoms with Crippen LogP contribution < -0.4 is 9.47 Å². The summed E-state index contributed by atoms with van der Waals surface area (Å²) in [4.78, 5) is 12.1. The summed E-state index contributed by atoms with van der Waals surface area (Å²) in [5, 5.41) is 25.7. The van der Waals surface area contributed by atoms with E-state index in [1.807, 2.05) is 92.0 Å². The van der Waals surface area contributed by atoms with Crippen LogP contribution in [-0.4, -0.2) is 78.1 Å². The molecule has 1 aromatic heterocycles. The molecule has 0 radical (unpaired) electrons. The molecule has 1 fully saturated rings. The number of hydrogen-bond acceptors (Lipinski definition) is 11. The maximum Gasteiger partial charge on any atom is 0.245 e. The molecule has 66 heavy (non-hydrogen) atoms. The van der Waals surface area contributed by atoms with Crippen LogP contribution in [0.15, 0.2) is 149 Å². The van der Waals surface area contributed by atoms with Crippen molar-refractivity contribution in [3.63, 3.8) is 0 Å². The second-order valence-electron chi connectivity index (χ2n) is 17.3. The van der Waals surface area contributed by atoms with Crippen molar-refractivity contribution < 1.29 is 37.7 Å². The summed E-state index contributed by atoms with van der Waals surface area (Å²) in [5.41, 5.74) is 3.78. The summed E-state index contributed by atoms with van der Waals surface area (Å²) in [6.45, 7) is 6.65. The van der Waals surface area contributed by atoms with Crippen molar-refractivity contribution in [2.24, 2.45) is 22.9 Å². The summed E-state index contributed by atoms with van der Waals surface area (Å²) in [6.07, 6.45) is 12.7. The molecule has 0 amide bonds. The van der Waals surface area contributed by atoms with Gasteiger partial charge in [0.25, 0.3) is 0 Å². The van der Waals surface area contributed by atoms with Crippen LogP contribution in [0.1, 0.15) is 75.3 Å². The quantitative estimate of drug-likeness (QED) is 0.0298. The minimum atomic E-state index is -4.30. The highest BCUT2D eigenvalue weighted by Crippen LogP contribution is 2.62. The number of fused-ring (bicyclic) bond motifs is 3. The van der Waals surface area contributed by atoms with Crippen LogP contribution in [-0.2, 0) is 26.2 Å². The van der Waals surface area contributed by atoms with Gasteiger partial charge < -0.3 is 29.3 Å². The maximum atomic E-state index is 15.6. The second-order valence-corrected chi connectivity index (χ2v) is 20.0. The van der Waals surface area contributed by atoms with Crippen molar-refractivity contribution in [2.45, 2.75) is 92.4 Å². The Kier molecular flexibility index (Phi) is 15.6. The van der Waals surface area contributed by atoms with Gasteiger partial charge in [0.05, 0.1) is 29.8 Å². The van der Waals surface area contributed by atoms with Gasteiger partial charge in [-0.1, -0.05) is 85.6 Å².